The Morgan fingerprint density at radius 1 is 1.06 bits per heavy atom. The third-order valence-electron chi connectivity index (χ3n) is 6.31. The average Bonchev–Trinajstić information content (AvgIpc) is 2.79. The monoisotopic (exact) mass is 465 g/mol. The van der Waals surface area contributed by atoms with E-state index in [-0.39, 0.29) is 12.1 Å². The van der Waals surface area contributed by atoms with E-state index >= 15 is 0 Å². The van der Waals surface area contributed by atoms with Crippen LogP contribution < -0.4 is 4.72 Å². The maximum Gasteiger partial charge on any atom is 0.279 e. The molecule has 1 aromatic carbocycles. The van der Waals surface area contributed by atoms with Crippen LogP contribution in [-0.2, 0) is 21.4 Å². The van der Waals surface area contributed by atoms with Crippen LogP contribution in [0.3, 0.4) is 0 Å². The number of rotatable bonds is 16. The molecule has 2 rings (SSSR count). The minimum atomic E-state index is -3.45. The summed E-state index contributed by atoms with van der Waals surface area (Å²) in [5.74, 6) is 0. The molecule has 0 bridgehead atoms. The molecule has 0 aromatic heterocycles. The van der Waals surface area contributed by atoms with E-state index in [9.17, 15) is 8.42 Å². The molecule has 182 valence electrons. The molecular weight excluding hydrogens is 422 g/mol. The van der Waals surface area contributed by atoms with E-state index in [0.717, 1.165) is 57.4 Å². The molecule has 0 atom stereocenters. The van der Waals surface area contributed by atoms with Gasteiger partial charge in [-0.15, -0.1) is 6.58 Å². The molecule has 0 aliphatic heterocycles. The summed E-state index contributed by atoms with van der Waals surface area (Å²) in [6.45, 7) is 7.07. The van der Waals surface area contributed by atoms with Crippen LogP contribution in [0.25, 0.3) is 0 Å². The first-order chi connectivity index (χ1) is 15.4. The summed E-state index contributed by atoms with van der Waals surface area (Å²) in [6.07, 6.45) is 11.2. The van der Waals surface area contributed by atoms with Crippen LogP contribution >= 0.6 is 0 Å². The van der Waals surface area contributed by atoms with Gasteiger partial charge in [-0.25, -0.2) is 4.72 Å². The lowest BCUT2D eigenvalue weighted by atomic mass is 9.93. The summed E-state index contributed by atoms with van der Waals surface area (Å²) in [6, 6.07) is 10.00. The lowest BCUT2D eigenvalue weighted by molar-refractivity contribution is 0.0155. The second-order valence-electron chi connectivity index (χ2n) is 8.92. The largest absolute Gasteiger partial charge is 0.378 e. The van der Waals surface area contributed by atoms with Crippen molar-refractivity contribution in [3.63, 3.8) is 0 Å². The van der Waals surface area contributed by atoms with Crippen molar-refractivity contribution in [2.45, 2.75) is 69.9 Å². The third-order valence-corrected chi connectivity index (χ3v) is 7.93. The number of unbranched alkanes of at least 4 members (excludes halogenated alkanes) is 3. The quantitative estimate of drug-likeness (QED) is 0.296. The van der Waals surface area contributed by atoms with E-state index in [0.29, 0.717) is 13.0 Å². The molecule has 0 heterocycles. The van der Waals surface area contributed by atoms with Crippen molar-refractivity contribution in [2.75, 3.05) is 40.3 Å². The zero-order valence-electron chi connectivity index (χ0n) is 20.0. The van der Waals surface area contributed by atoms with Crippen LogP contribution in [0.2, 0.25) is 0 Å². The minimum Gasteiger partial charge on any atom is -0.378 e. The van der Waals surface area contributed by atoms with Gasteiger partial charge in [-0.05, 0) is 64.1 Å². The average molecular weight is 466 g/mol. The van der Waals surface area contributed by atoms with Gasteiger partial charge < -0.3 is 9.64 Å². The number of hydrogen-bond donors (Lipinski definition) is 1. The van der Waals surface area contributed by atoms with Gasteiger partial charge >= 0.3 is 0 Å². The van der Waals surface area contributed by atoms with Crippen molar-refractivity contribution in [3.05, 3.63) is 48.6 Å². The highest BCUT2D eigenvalue weighted by atomic mass is 32.2. The van der Waals surface area contributed by atoms with E-state index in [1.54, 1.807) is 7.05 Å². The van der Waals surface area contributed by atoms with Gasteiger partial charge in [-0.2, -0.15) is 12.7 Å². The topological polar surface area (TPSA) is 61.9 Å². The molecule has 1 fully saturated rings. The van der Waals surface area contributed by atoms with Gasteiger partial charge in [0.2, 0.25) is 0 Å². The van der Waals surface area contributed by atoms with Gasteiger partial charge in [-0.3, -0.25) is 0 Å². The molecule has 6 nitrogen and oxygen atoms in total. The maximum atomic E-state index is 12.7. The summed E-state index contributed by atoms with van der Waals surface area (Å²) in [4.78, 5) is 2.29. The fourth-order valence-electron chi connectivity index (χ4n) is 4.24. The van der Waals surface area contributed by atoms with E-state index in [2.05, 4.69) is 23.2 Å². The van der Waals surface area contributed by atoms with E-state index in [1.165, 1.54) is 23.6 Å². The third kappa shape index (κ3) is 10.1. The minimum absolute atomic E-state index is 0.0524. The van der Waals surface area contributed by atoms with Crippen LogP contribution in [0.1, 0.15) is 56.9 Å². The number of benzene rings is 1. The SMILES string of the molecule is C=CCN(C)CCCCCCO[C@H]1CC[C@H](N(C)S(=O)(=O)NCCc2ccccc2)CC1. The van der Waals surface area contributed by atoms with Crippen LogP contribution in [0.15, 0.2) is 43.0 Å². The molecule has 7 heteroatoms. The van der Waals surface area contributed by atoms with Crippen molar-refractivity contribution in [3.8, 4) is 0 Å². The molecule has 1 aliphatic carbocycles. The lowest BCUT2D eigenvalue weighted by Crippen LogP contribution is -2.46. The first-order valence-corrected chi connectivity index (χ1v) is 13.5. The van der Waals surface area contributed by atoms with Gasteiger partial charge in [0.15, 0.2) is 0 Å². The molecule has 1 N–H and O–H groups in total. The standard InChI is InChI=1S/C25H43N3O3S/c1-4-20-27(2)21-10-5-6-11-22-31-25-16-14-24(15-17-25)28(3)32(29,30)26-19-18-23-12-8-7-9-13-23/h4,7-9,12-13,24-26H,1,5-6,10-11,14-22H2,2-3H3/t24-,25-. The molecule has 0 saturated heterocycles. The molecule has 32 heavy (non-hydrogen) atoms. The van der Waals surface area contributed by atoms with Crippen LogP contribution in [-0.4, -0.2) is 70.1 Å². The Bertz CT molecular complexity index is 734. The Kier molecular flexibility index (Phi) is 12.5. The summed E-state index contributed by atoms with van der Waals surface area (Å²) < 4.78 is 35.6. The van der Waals surface area contributed by atoms with Gasteiger partial charge in [0, 0.05) is 32.8 Å². The Balaban J connectivity index is 1.56. The molecule has 0 spiro atoms. The summed E-state index contributed by atoms with van der Waals surface area (Å²) in [5.41, 5.74) is 1.13. The van der Waals surface area contributed by atoms with E-state index < -0.39 is 10.2 Å². The summed E-state index contributed by atoms with van der Waals surface area (Å²) in [5, 5.41) is 0. The fourth-order valence-corrected chi connectivity index (χ4v) is 5.41. The van der Waals surface area contributed by atoms with Crippen molar-refractivity contribution in [1.29, 1.82) is 0 Å². The van der Waals surface area contributed by atoms with Crippen molar-refractivity contribution in [1.82, 2.24) is 13.9 Å². The fraction of sp³-hybridized carbons (Fsp3) is 0.680. The number of ether oxygens (including phenoxy) is 1. The first kappa shape index (κ1) is 27.0. The predicted molar refractivity (Wildman–Crippen MR) is 133 cm³/mol. The number of likely N-dealkylation sites (N-methyl/N-ethyl adjacent to an activating group) is 1. The normalized spacial score (nSPS) is 19.5. The Hall–Kier alpha value is -1.25. The van der Waals surface area contributed by atoms with E-state index in [1.807, 2.05) is 36.4 Å². The van der Waals surface area contributed by atoms with Crippen molar-refractivity contribution >= 4 is 10.2 Å². The second-order valence-corrected chi connectivity index (χ2v) is 10.7. The van der Waals surface area contributed by atoms with Gasteiger partial charge in [-0.1, -0.05) is 49.2 Å². The highest BCUT2D eigenvalue weighted by Gasteiger charge is 2.30. The molecule has 1 aromatic rings. The van der Waals surface area contributed by atoms with Crippen LogP contribution in [0.4, 0.5) is 0 Å². The number of nitrogens with one attached hydrogen (secondary N) is 1. The van der Waals surface area contributed by atoms with Gasteiger partial charge in [0.25, 0.3) is 10.2 Å². The molecule has 1 aliphatic rings. The second kappa shape index (κ2) is 14.8. The lowest BCUT2D eigenvalue weighted by Gasteiger charge is -2.34. The van der Waals surface area contributed by atoms with Gasteiger partial charge in [0.05, 0.1) is 6.10 Å². The molecule has 1 saturated carbocycles. The molecule has 0 unspecified atom stereocenters. The molecule has 0 amide bonds. The zero-order chi connectivity index (χ0) is 23.2. The number of hydrogen-bond acceptors (Lipinski definition) is 4. The van der Waals surface area contributed by atoms with Gasteiger partial charge in [0.1, 0.15) is 0 Å². The van der Waals surface area contributed by atoms with Crippen molar-refractivity contribution < 1.29 is 13.2 Å². The van der Waals surface area contributed by atoms with Crippen LogP contribution in [0, 0.1) is 0 Å². The Morgan fingerprint density at radius 2 is 1.75 bits per heavy atom. The molecular formula is C25H43N3O3S. The highest BCUT2D eigenvalue weighted by molar-refractivity contribution is 7.87. The summed E-state index contributed by atoms with van der Waals surface area (Å²) >= 11 is 0. The Labute approximate surface area is 196 Å². The molecule has 0 radical (unpaired) electrons. The maximum absolute atomic E-state index is 12.7. The van der Waals surface area contributed by atoms with Crippen LogP contribution in [0.5, 0.6) is 0 Å². The first-order valence-electron chi connectivity index (χ1n) is 12.1. The van der Waals surface area contributed by atoms with Crippen molar-refractivity contribution in [2.24, 2.45) is 0 Å². The highest BCUT2D eigenvalue weighted by Crippen LogP contribution is 2.26. The Morgan fingerprint density at radius 3 is 2.44 bits per heavy atom. The zero-order valence-corrected chi connectivity index (χ0v) is 20.9. The predicted octanol–water partition coefficient (Wildman–Crippen LogP) is 4.00. The smallest absolute Gasteiger partial charge is 0.279 e. The van der Waals surface area contributed by atoms with E-state index in [4.69, 9.17) is 4.74 Å². The summed E-state index contributed by atoms with van der Waals surface area (Å²) in [7, 11) is 0.374. The number of nitrogens with zero attached hydrogens (tertiary/aromatic N) is 2.